The molecular weight excluding hydrogens is 342 g/mol. The van der Waals surface area contributed by atoms with E-state index in [0.29, 0.717) is 22.6 Å². The monoisotopic (exact) mass is 359 g/mol. The van der Waals surface area contributed by atoms with Gasteiger partial charge in [0.25, 0.3) is 0 Å². The van der Waals surface area contributed by atoms with Crippen LogP contribution in [-0.4, -0.2) is 38.3 Å². The van der Waals surface area contributed by atoms with E-state index in [0.717, 1.165) is 11.1 Å². The van der Waals surface area contributed by atoms with Crippen LogP contribution in [0.1, 0.15) is 0 Å². The van der Waals surface area contributed by atoms with Gasteiger partial charge >= 0.3 is 0 Å². The van der Waals surface area contributed by atoms with Crippen molar-refractivity contribution in [2.24, 2.45) is 0 Å². The number of rotatable bonds is 5. The minimum absolute atomic E-state index is 0.0382. The van der Waals surface area contributed by atoms with Crippen molar-refractivity contribution in [3.05, 3.63) is 60.7 Å². The molecule has 0 aliphatic heterocycles. The summed E-state index contributed by atoms with van der Waals surface area (Å²) in [6.07, 6.45) is 0. The van der Waals surface area contributed by atoms with Crippen LogP contribution in [0.15, 0.2) is 60.7 Å². The number of benzene rings is 2. The fraction of sp³-hybridized carbons (Fsp3) is 0.100. The van der Waals surface area contributed by atoms with Crippen molar-refractivity contribution in [1.29, 1.82) is 0 Å². The first-order chi connectivity index (χ1) is 13.3. The molecule has 134 valence electrons. The maximum atomic E-state index is 9.06. The topological polar surface area (TPSA) is 107 Å². The number of anilines is 1. The molecule has 3 N–H and O–H groups in total. The van der Waals surface area contributed by atoms with Crippen molar-refractivity contribution in [3.8, 4) is 28.4 Å². The summed E-state index contributed by atoms with van der Waals surface area (Å²) in [5.74, 6) is 0.243. The Bertz CT molecular complexity index is 1070. The van der Waals surface area contributed by atoms with Gasteiger partial charge in [-0.15, -0.1) is 0 Å². The molecule has 0 bridgehead atoms. The number of nitrogens with zero attached hydrogens (tertiary/aromatic N) is 4. The molecule has 0 aliphatic rings. The summed E-state index contributed by atoms with van der Waals surface area (Å²) in [6, 6.07) is 19.5. The minimum atomic E-state index is -0.146. The maximum Gasteiger partial charge on any atom is 0.247 e. The highest BCUT2D eigenvalue weighted by Crippen LogP contribution is 2.32. The molecule has 4 aromatic rings. The van der Waals surface area contributed by atoms with E-state index in [1.54, 1.807) is 0 Å². The highest BCUT2D eigenvalue weighted by molar-refractivity contribution is 5.87. The van der Waals surface area contributed by atoms with Crippen molar-refractivity contribution < 1.29 is 9.84 Å². The average Bonchev–Trinajstić information content (AvgIpc) is 2.72. The van der Waals surface area contributed by atoms with Gasteiger partial charge in [0.2, 0.25) is 11.8 Å². The van der Waals surface area contributed by atoms with Gasteiger partial charge in [0.05, 0.1) is 18.0 Å². The normalized spacial score (nSPS) is 10.9. The van der Waals surface area contributed by atoms with Crippen molar-refractivity contribution >= 4 is 17.1 Å². The lowest BCUT2D eigenvalue weighted by Gasteiger charge is -2.12. The van der Waals surface area contributed by atoms with Gasteiger partial charge in [0, 0.05) is 11.1 Å². The highest BCUT2D eigenvalue weighted by atomic mass is 16.5. The summed E-state index contributed by atoms with van der Waals surface area (Å²) < 4.78 is 5.50. The second kappa shape index (κ2) is 7.35. The van der Waals surface area contributed by atoms with Gasteiger partial charge in [-0.2, -0.15) is 9.97 Å². The van der Waals surface area contributed by atoms with E-state index in [1.165, 1.54) is 0 Å². The number of nitrogens with two attached hydrogens (primary N) is 1. The van der Waals surface area contributed by atoms with E-state index in [-0.39, 0.29) is 25.0 Å². The van der Waals surface area contributed by atoms with Crippen LogP contribution in [0, 0.1) is 0 Å². The Balaban J connectivity index is 2.00. The third-order valence-electron chi connectivity index (χ3n) is 3.94. The van der Waals surface area contributed by atoms with Crippen molar-refractivity contribution in [1.82, 2.24) is 19.9 Å². The van der Waals surface area contributed by atoms with E-state index in [1.807, 2.05) is 60.7 Å². The molecule has 0 aliphatic carbocycles. The maximum absolute atomic E-state index is 9.06. The fourth-order valence-corrected chi connectivity index (χ4v) is 2.78. The Hall–Kier alpha value is -3.58. The van der Waals surface area contributed by atoms with E-state index in [4.69, 9.17) is 25.5 Å². The first kappa shape index (κ1) is 16.9. The Morgan fingerprint density at radius 1 is 0.778 bits per heavy atom. The molecule has 4 rings (SSSR count). The van der Waals surface area contributed by atoms with Gasteiger partial charge in [-0.1, -0.05) is 60.7 Å². The molecule has 0 spiro atoms. The quantitative estimate of drug-likeness (QED) is 0.564. The second-order valence-electron chi connectivity index (χ2n) is 5.78. The number of aliphatic hydroxyl groups excluding tert-OH is 1. The number of aliphatic hydroxyl groups is 1. The first-order valence-corrected chi connectivity index (χ1v) is 8.46. The lowest BCUT2D eigenvalue weighted by Crippen LogP contribution is -2.08. The molecule has 2 aromatic heterocycles. The van der Waals surface area contributed by atoms with Gasteiger partial charge in [-0.3, -0.25) is 0 Å². The fourth-order valence-electron chi connectivity index (χ4n) is 2.78. The molecule has 0 amide bonds. The Kier molecular flexibility index (Phi) is 4.59. The molecule has 0 radical (unpaired) electrons. The predicted octanol–water partition coefficient (Wildman–Crippen LogP) is 2.71. The third kappa shape index (κ3) is 3.40. The molecule has 0 unspecified atom stereocenters. The SMILES string of the molecule is Nc1nc(OCCO)c2nc(-c3ccccc3)c(-c3ccccc3)nc2n1. The predicted molar refractivity (Wildman–Crippen MR) is 103 cm³/mol. The van der Waals surface area contributed by atoms with Gasteiger partial charge in [0.1, 0.15) is 6.61 Å². The van der Waals surface area contributed by atoms with Gasteiger partial charge in [0.15, 0.2) is 11.2 Å². The number of hydrogen-bond acceptors (Lipinski definition) is 7. The summed E-state index contributed by atoms with van der Waals surface area (Å²) in [7, 11) is 0. The smallest absolute Gasteiger partial charge is 0.247 e. The van der Waals surface area contributed by atoms with Crippen LogP contribution in [0.5, 0.6) is 5.88 Å². The number of nitrogen functional groups attached to an aromatic ring is 1. The van der Waals surface area contributed by atoms with E-state index in [2.05, 4.69) is 9.97 Å². The molecule has 0 atom stereocenters. The summed E-state index contributed by atoms with van der Waals surface area (Å²) in [4.78, 5) is 17.8. The van der Waals surface area contributed by atoms with Crippen LogP contribution >= 0.6 is 0 Å². The summed E-state index contributed by atoms with van der Waals surface area (Å²) in [5, 5.41) is 9.06. The minimum Gasteiger partial charge on any atom is -0.474 e. The van der Waals surface area contributed by atoms with E-state index < -0.39 is 0 Å². The highest BCUT2D eigenvalue weighted by Gasteiger charge is 2.17. The summed E-state index contributed by atoms with van der Waals surface area (Å²) in [6.45, 7) is -0.0686. The lowest BCUT2D eigenvalue weighted by atomic mass is 10.0. The Labute approximate surface area is 155 Å². The largest absolute Gasteiger partial charge is 0.474 e. The number of hydrogen-bond donors (Lipinski definition) is 2. The van der Waals surface area contributed by atoms with Crippen molar-refractivity contribution in [2.75, 3.05) is 18.9 Å². The molecule has 0 saturated carbocycles. The zero-order valence-corrected chi connectivity index (χ0v) is 14.4. The zero-order chi connectivity index (χ0) is 18.6. The lowest BCUT2D eigenvalue weighted by molar-refractivity contribution is 0.198. The number of ether oxygens (including phenoxy) is 1. The van der Waals surface area contributed by atoms with Gasteiger partial charge in [-0.05, 0) is 0 Å². The molecule has 0 saturated heterocycles. The Morgan fingerprint density at radius 3 is 1.96 bits per heavy atom. The van der Waals surface area contributed by atoms with Crippen molar-refractivity contribution in [3.63, 3.8) is 0 Å². The molecule has 7 heteroatoms. The van der Waals surface area contributed by atoms with E-state index >= 15 is 0 Å². The van der Waals surface area contributed by atoms with Crippen molar-refractivity contribution in [2.45, 2.75) is 0 Å². The van der Waals surface area contributed by atoms with Crippen LogP contribution in [0.2, 0.25) is 0 Å². The second-order valence-corrected chi connectivity index (χ2v) is 5.78. The first-order valence-electron chi connectivity index (χ1n) is 8.46. The van der Waals surface area contributed by atoms with E-state index in [9.17, 15) is 0 Å². The summed E-state index contributed by atoms with van der Waals surface area (Å²) in [5.41, 5.74) is 9.76. The van der Waals surface area contributed by atoms with Gasteiger partial charge in [-0.25, -0.2) is 9.97 Å². The molecule has 2 heterocycles. The van der Waals surface area contributed by atoms with Crippen LogP contribution in [-0.2, 0) is 0 Å². The third-order valence-corrected chi connectivity index (χ3v) is 3.94. The standard InChI is InChI=1S/C20H17N5O2/c21-20-24-18-17(19(25-20)27-12-11-26)22-15(13-7-3-1-4-8-13)16(23-18)14-9-5-2-6-10-14/h1-10,26H,11-12H2,(H2,21,23,24,25). The van der Waals surface area contributed by atoms with Crippen LogP contribution in [0.4, 0.5) is 5.95 Å². The molecule has 27 heavy (non-hydrogen) atoms. The Morgan fingerprint density at radius 2 is 1.37 bits per heavy atom. The molecule has 7 nitrogen and oxygen atoms in total. The molecular formula is C20H17N5O2. The molecule has 2 aromatic carbocycles. The van der Waals surface area contributed by atoms with Crippen LogP contribution in [0.25, 0.3) is 33.7 Å². The number of aromatic nitrogens is 4. The number of fused-ring (bicyclic) bond motifs is 1. The van der Waals surface area contributed by atoms with Crippen LogP contribution < -0.4 is 10.5 Å². The molecule has 0 fully saturated rings. The zero-order valence-electron chi connectivity index (χ0n) is 14.4. The van der Waals surface area contributed by atoms with Gasteiger partial charge < -0.3 is 15.6 Å². The van der Waals surface area contributed by atoms with Crippen LogP contribution in [0.3, 0.4) is 0 Å². The summed E-state index contributed by atoms with van der Waals surface area (Å²) >= 11 is 0. The average molecular weight is 359 g/mol.